The van der Waals surface area contributed by atoms with Crippen molar-refractivity contribution in [3.8, 4) is 0 Å². The number of thioether (sulfide) groups is 2. The van der Waals surface area contributed by atoms with Gasteiger partial charge in [0.2, 0.25) is 0 Å². The van der Waals surface area contributed by atoms with Crippen molar-refractivity contribution in [2.24, 2.45) is 0 Å². The molecule has 0 bridgehead atoms. The Kier molecular flexibility index (Phi) is 11.6. The van der Waals surface area contributed by atoms with E-state index >= 15 is 0 Å². The molecule has 0 radical (unpaired) electrons. The van der Waals surface area contributed by atoms with Crippen molar-refractivity contribution in [3.63, 3.8) is 0 Å². The monoisotopic (exact) mass is 322 g/mol. The van der Waals surface area contributed by atoms with Crippen LogP contribution in [0.2, 0.25) is 0 Å². The maximum atomic E-state index is 2.38. The Morgan fingerprint density at radius 3 is 1.10 bits per heavy atom. The molecular weight excluding hydrogens is 284 g/mol. The van der Waals surface area contributed by atoms with Crippen molar-refractivity contribution >= 4 is 23.5 Å². The van der Waals surface area contributed by atoms with E-state index < -0.39 is 0 Å². The van der Waals surface area contributed by atoms with Crippen LogP contribution < -0.4 is 0 Å². The van der Waals surface area contributed by atoms with Crippen LogP contribution in [0.4, 0.5) is 0 Å². The lowest BCUT2D eigenvalue weighted by atomic mass is 10.4. The fourth-order valence-corrected chi connectivity index (χ4v) is 4.46. The molecule has 0 aromatic carbocycles. The van der Waals surface area contributed by atoms with Crippen molar-refractivity contribution in [1.29, 1.82) is 0 Å². The number of hydrogen-bond donors (Lipinski definition) is 0. The summed E-state index contributed by atoms with van der Waals surface area (Å²) in [5.41, 5.74) is 0. The molecule has 0 aliphatic heterocycles. The Labute approximate surface area is 136 Å². The molecule has 4 heteroatoms. The van der Waals surface area contributed by atoms with Gasteiger partial charge in [-0.1, -0.05) is 0 Å². The predicted molar refractivity (Wildman–Crippen MR) is 98.9 cm³/mol. The van der Waals surface area contributed by atoms with Gasteiger partial charge in [0.25, 0.3) is 0 Å². The molecule has 0 atom stereocenters. The summed E-state index contributed by atoms with van der Waals surface area (Å²) in [6.07, 6.45) is 0. The topological polar surface area (TPSA) is 0 Å². The van der Waals surface area contributed by atoms with Crippen LogP contribution in [-0.2, 0) is 0 Å². The highest BCUT2D eigenvalue weighted by Crippen LogP contribution is 2.11. The van der Waals surface area contributed by atoms with Crippen molar-refractivity contribution in [1.82, 2.24) is 0 Å². The minimum Gasteiger partial charge on any atom is -0.326 e. The summed E-state index contributed by atoms with van der Waals surface area (Å²) in [5.74, 6) is 5.27. The normalized spacial score (nSPS) is 12.9. The molecule has 122 valence electrons. The summed E-state index contributed by atoms with van der Waals surface area (Å²) in [4.78, 5) is 0. The van der Waals surface area contributed by atoms with Gasteiger partial charge in [-0.25, -0.2) is 0 Å². The summed E-state index contributed by atoms with van der Waals surface area (Å²) in [6, 6.07) is 0. The fraction of sp³-hybridized carbons (Fsp3) is 1.00. The maximum absolute atomic E-state index is 2.38. The number of nitrogens with zero attached hydrogens (tertiary/aromatic N) is 2. The van der Waals surface area contributed by atoms with Crippen LogP contribution in [0.3, 0.4) is 0 Å². The lowest BCUT2D eigenvalue weighted by molar-refractivity contribution is -0.903. The van der Waals surface area contributed by atoms with E-state index in [1.165, 1.54) is 71.2 Å². The molecule has 0 spiro atoms. The van der Waals surface area contributed by atoms with Crippen LogP contribution in [0.25, 0.3) is 0 Å². The van der Waals surface area contributed by atoms with E-state index in [0.29, 0.717) is 0 Å². The molecule has 0 heterocycles. The maximum Gasteiger partial charge on any atom is 0.0876 e. The molecule has 0 aliphatic rings. The Morgan fingerprint density at radius 2 is 0.850 bits per heavy atom. The molecule has 0 aromatic heterocycles. The highest BCUT2D eigenvalue weighted by Gasteiger charge is 2.16. The van der Waals surface area contributed by atoms with Gasteiger partial charge < -0.3 is 8.97 Å². The molecule has 0 fully saturated rings. The summed E-state index contributed by atoms with van der Waals surface area (Å²) >= 11 is 4.28. The first-order chi connectivity index (χ1) is 9.45. The molecule has 0 N–H and O–H groups in total. The largest absolute Gasteiger partial charge is 0.326 e. The summed E-state index contributed by atoms with van der Waals surface area (Å²) < 4.78 is 2.45. The number of quaternary nitrogens is 2. The molecule has 0 unspecified atom stereocenters. The zero-order chi connectivity index (χ0) is 15.5. The van der Waals surface area contributed by atoms with Crippen molar-refractivity contribution in [3.05, 3.63) is 0 Å². The van der Waals surface area contributed by atoms with Crippen LogP contribution in [-0.4, -0.2) is 85.3 Å². The number of hydrogen-bond acceptors (Lipinski definition) is 2. The summed E-state index contributed by atoms with van der Waals surface area (Å²) in [6.45, 7) is 16.9. The molecule has 0 aromatic rings. The average Bonchev–Trinajstić information content (AvgIpc) is 2.49. The SMILES string of the molecule is CC[N+](C)(CC)CCSCCSCC[N+](C)(CC)CC. The van der Waals surface area contributed by atoms with Crippen LogP contribution >= 0.6 is 23.5 Å². The van der Waals surface area contributed by atoms with Crippen LogP contribution in [0.5, 0.6) is 0 Å². The predicted octanol–water partition coefficient (Wildman–Crippen LogP) is 3.43. The van der Waals surface area contributed by atoms with Gasteiger partial charge in [-0.15, -0.1) is 0 Å². The fourth-order valence-electron chi connectivity index (χ4n) is 1.97. The second kappa shape index (κ2) is 11.2. The highest BCUT2D eigenvalue weighted by molar-refractivity contribution is 8.02. The lowest BCUT2D eigenvalue weighted by Crippen LogP contribution is -2.45. The zero-order valence-electron chi connectivity index (χ0n) is 14.8. The van der Waals surface area contributed by atoms with E-state index in [-0.39, 0.29) is 0 Å². The van der Waals surface area contributed by atoms with Crippen molar-refractivity contribution in [2.45, 2.75) is 27.7 Å². The Balaban J connectivity index is 3.50. The molecule has 0 aliphatic carbocycles. The van der Waals surface area contributed by atoms with Gasteiger partial charge in [0.15, 0.2) is 0 Å². The van der Waals surface area contributed by atoms with Gasteiger partial charge in [-0.3, -0.25) is 0 Å². The van der Waals surface area contributed by atoms with E-state index in [9.17, 15) is 0 Å². The van der Waals surface area contributed by atoms with Crippen molar-refractivity contribution < 1.29 is 8.97 Å². The first-order valence-electron chi connectivity index (χ1n) is 8.27. The minimum absolute atomic E-state index is 1.23. The van der Waals surface area contributed by atoms with Gasteiger partial charge in [0.05, 0.1) is 53.4 Å². The standard InChI is InChI=1S/C16H38N2S2/c1-7-17(5,8-2)11-13-19-15-16-20-14-12-18(6,9-3)10-4/h7-16H2,1-6H3/q+2. The third-order valence-electron chi connectivity index (χ3n) is 4.98. The van der Waals surface area contributed by atoms with E-state index in [1.54, 1.807) is 0 Å². The third kappa shape index (κ3) is 8.81. The smallest absolute Gasteiger partial charge is 0.0876 e. The highest BCUT2D eigenvalue weighted by atomic mass is 32.2. The van der Waals surface area contributed by atoms with Gasteiger partial charge in [-0.2, -0.15) is 23.5 Å². The van der Waals surface area contributed by atoms with Crippen molar-refractivity contribution in [2.75, 3.05) is 76.4 Å². The summed E-state index contributed by atoms with van der Waals surface area (Å²) in [5, 5.41) is 0. The average molecular weight is 323 g/mol. The molecular formula is C16H38N2S2+2. The molecule has 0 amide bonds. The minimum atomic E-state index is 1.23. The quantitative estimate of drug-likeness (QED) is 0.376. The van der Waals surface area contributed by atoms with E-state index in [2.05, 4.69) is 65.3 Å². The third-order valence-corrected chi connectivity index (χ3v) is 7.16. The van der Waals surface area contributed by atoms with Gasteiger partial charge in [0.1, 0.15) is 0 Å². The van der Waals surface area contributed by atoms with Crippen LogP contribution in [0, 0.1) is 0 Å². The second-order valence-corrected chi connectivity index (χ2v) is 8.63. The Hall–Kier alpha value is 0.620. The first-order valence-corrected chi connectivity index (χ1v) is 10.6. The van der Waals surface area contributed by atoms with E-state index in [4.69, 9.17) is 0 Å². The second-order valence-electron chi connectivity index (χ2n) is 6.18. The molecule has 0 rings (SSSR count). The first kappa shape index (κ1) is 20.6. The molecule has 0 saturated carbocycles. The van der Waals surface area contributed by atoms with Crippen LogP contribution in [0.1, 0.15) is 27.7 Å². The zero-order valence-corrected chi connectivity index (χ0v) is 16.4. The van der Waals surface area contributed by atoms with E-state index in [1.807, 2.05) is 0 Å². The molecule has 2 nitrogen and oxygen atoms in total. The van der Waals surface area contributed by atoms with E-state index in [0.717, 1.165) is 0 Å². The Morgan fingerprint density at radius 1 is 0.550 bits per heavy atom. The van der Waals surface area contributed by atoms with Gasteiger partial charge in [0, 0.05) is 23.0 Å². The Bertz CT molecular complexity index is 203. The summed E-state index contributed by atoms with van der Waals surface area (Å²) in [7, 11) is 4.76. The molecule has 20 heavy (non-hydrogen) atoms. The van der Waals surface area contributed by atoms with Gasteiger partial charge in [-0.05, 0) is 27.7 Å². The van der Waals surface area contributed by atoms with Crippen LogP contribution in [0.15, 0.2) is 0 Å². The molecule has 0 saturated heterocycles. The number of rotatable bonds is 13. The van der Waals surface area contributed by atoms with Gasteiger partial charge >= 0.3 is 0 Å². The lowest BCUT2D eigenvalue weighted by Gasteiger charge is -2.32.